The average molecular weight is 330 g/mol. The first-order valence-corrected chi connectivity index (χ1v) is 9.50. The van der Waals surface area contributed by atoms with Crippen molar-refractivity contribution in [3.8, 4) is 0 Å². The van der Waals surface area contributed by atoms with Crippen LogP contribution < -0.4 is 5.32 Å². The molecule has 2 saturated carbocycles. The maximum atomic E-state index is 12.7. The van der Waals surface area contributed by atoms with Crippen LogP contribution in [-0.2, 0) is 5.54 Å². The summed E-state index contributed by atoms with van der Waals surface area (Å²) in [6, 6.07) is 3.63. The van der Waals surface area contributed by atoms with Gasteiger partial charge in [-0.15, -0.1) is 0 Å². The second-order valence-electron chi connectivity index (χ2n) is 8.99. The number of rotatable bonds is 4. The third-order valence-corrected chi connectivity index (χ3v) is 5.57. The monoisotopic (exact) mass is 330 g/mol. The van der Waals surface area contributed by atoms with Crippen molar-refractivity contribution in [1.82, 2.24) is 20.0 Å². The largest absolute Gasteiger partial charge is 0.347 e. The molecule has 0 aromatic carbocycles. The SMILES string of the molecule is C[C@@H]1C[C@@H](NC(=O)c2cc(C3CC3)n(C(C)(C)C)n2)CN1C1CC1. The zero-order valence-corrected chi connectivity index (χ0v) is 15.4. The van der Waals surface area contributed by atoms with E-state index < -0.39 is 0 Å². The number of nitrogens with one attached hydrogen (secondary N) is 1. The summed E-state index contributed by atoms with van der Waals surface area (Å²) in [7, 11) is 0. The van der Waals surface area contributed by atoms with Crippen molar-refractivity contribution in [2.24, 2.45) is 0 Å². The van der Waals surface area contributed by atoms with Crippen LogP contribution in [0, 0.1) is 0 Å². The van der Waals surface area contributed by atoms with E-state index in [4.69, 9.17) is 0 Å². The third-order valence-electron chi connectivity index (χ3n) is 5.57. The molecule has 2 atom stereocenters. The Labute approximate surface area is 144 Å². The maximum Gasteiger partial charge on any atom is 0.272 e. The van der Waals surface area contributed by atoms with Crippen molar-refractivity contribution < 1.29 is 4.79 Å². The second-order valence-corrected chi connectivity index (χ2v) is 8.99. The normalized spacial score (nSPS) is 28.3. The van der Waals surface area contributed by atoms with E-state index in [9.17, 15) is 4.79 Å². The van der Waals surface area contributed by atoms with Crippen molar-refractivity contribution >= 4 is 5.91 Å². The summed E-state index contributed by atoms with van der Waals surface area (Å²) in [6.07, 6.45) is 6.15. The molecule has 0 bridgehead atoms. The fourth-order valence-corrected chi connectivity index (χ4v) is 4.05. The van der Waals surface area contributed by atoms with Gasteiger partial charge in [0.1, 0.15) is 5.69 Å². The van der Waals surface area contributed by atoms with Crippen LogP contribution in [0.3, 0.4) is 0 Å². The van der Waals surface area contributed by atoms with E-state index >= 15 is 0 Å². The van der Waals surface area contributed by atoms with E-state index in [1.807, 2.05) is 6.07 Å². The van der Waals surface area contributed by atoms with Gasteiger partial charge in [-0.2, -0.15) is 5.10 Å². The van der Waals surface area contributed by atoms with Gasteiger partial charge >= 0.3 is 0 Å². The highest BCUT2D eigenvalue weighted by Crippen LogP contribution is 2.41. The highest BCUT2D eigenvalue weighted by atomic mass is 16.2. The number of nitrogens with zero attached hydrogens (tertiary/aromatic N) is 3. The molecule has 1 saturated heterocycles. The van der Waals surface area contributed by atoms with Gasteiger partial charge in [0.15, 0.2) is 0 Å². The highest BCUT2D eigenvalue weighted by molar-refractivity contribution is 5.92. The lowest BCUT2D eigenvalue weighted by Crippen LogP contribution is -2.38. The Bertz CT molecular complexity index is 636. The summed E-state index contributed by atoms with van der Waals surface area (Å²) < 4.78 is 2.06. The van der Waals surface area contributed by atoms with Crippen LogP contribution in [0.1, 0.15) is 81.9 Å². The van der Waals surface area contributed by atoms with Gasteiger partial charge < -0.3 is 5.32 Å². The summed E-state index contributed by atoms with van der Waals surface area (Å²) in [4.78, 5) is 15.3. The maximum absolute atomic E-state index is 12.7. The van der Waals surface area contributed by atoms with Gasteiger partial charge in [-0.05, 0) is 65.9 Å². The molecule has 0 spiro atoms. The third kappa shape index (κ3) is 3.10. The minimum absolute atomic E-state index is 0.00486. The minimum Gasteiger partial charge on any atom is -0.347 e. The number of carbonyl (C=O) groups excluding carboxylic acids is 1. The first-order chi connectivity index (χ1) is 11.3. The molecule has 0 radical (unpaired) electrons. The number of hydrogen-bond acceptors (Lipinski definition) is 3. The lowest BCUT2D eigenvalue weighted by Gasteiger charge is -2.22. The van der Waals surface area contributed by atoms with Gasteiger partial charge in [0.05, 0.1) is 5.54 Å². The van der Waals surface area contributed by atoms with E-state index in [0.717, 1.165) is 19.0 Å². The number of likely N-dealkylation sites (tertiary alicyclic amines) is 1. The second kappa shape index (κ2) is 5.58. The Kier molecular flexibility index (Phi) is 3.75. The predicted octanol–water partition coefficient (Wildman–Crippen LogP) is 2.87. The number of amides is 1. The van der Waals surface area contributed by atoms with Crippen molar-refractivity contribution in [1.29, 1.82) is 0 Å². The quantitative estimate of drug-likeness (QED) is 0.923. The smallest absolute Gasteiger partial charge is 0.272 e. The van der Waals surface area contributed by atoms with Gasteiger partial charge in [-0.25, -0.2) is 0 Å². The fourth-order valence-electron chi connectivity index (χ4n) is 4.05. The molecule has 5 nitrogen and oxygen atoms in total. The lowest BCUT2D eigenvalue weighted by molar-refractivity contribution is 0.0931. The molecule has 1 aromatic heterocycles. The summed E-state index contributed by atoms with van der Waals surface area (Å²) in [5, 5.41) is 7.89. The van der Waals surface area contributed by atoms with Crippen molar-refractivity contribution in [3.05, 3.63) is 17.5 Å². The zero-order chi connectivity index (χ0) is 17.1. The van der Waals surface area contributed by atoms with Crippen molar-refractivity contribution in [2.45, 2.75) is 89.4 Å². The molecule has 2 aliphatic carbocycles. The molecule has 0 unspecified atom stereocenters. The van der Waals surface area contributed by atoms with Gasteiger partial charge in [0, 0.05) is 36.3 Å². The van der Waals surface area contributed by atoms with Crippen LogP contribution in [-0.4, -0.2) is 45.3 Å². The van der Waals surface area contributed by atoms with E-state index in [1.54, 1.807) is 0 Å². The lowest BCUT2D eigenvalue weighted by atomic mass is 10.1. The zero-order valence-electron chi connectivity index (χ0n) is 15.4. The van der Waals surface area contributed by atoms with Crippen molar-refractivity contribution in [3.63, 3.8) is 0 Å². The molecular formula is C19H30N4O. The van der Waals surface area contributed by atoms with Crippen LogP contribution in [0.4, 0.5) is 0 Å². The number of aromatic nitrogens is 2. The standard InChI is InChI=1S/C19H30N4O/c1-12-9-14(11-22(12)15-7-8-15)20-18(24)16-10-17(13-5-6-13)23(21-16)19(2,3)4/h10,12-15H,5-9,11H2,1-4H3,(H,20,24)/t12-,14-/m1/s1. The minimum atomic E-state index is -0.0822. The molecule has 1 aliphatic heterocycles. The average Bonchev–Trinajstić information content (AvgIpc) is 3.42. The summed E-state index contributed by atoms with van der Waals surface area (Å²) >= 11 is 0. The van der Waals surface area contributed by atoms with E-state index in [0.29, 0.717) is 17.7 Å². The Hall–Kier alpha value is -1.36. The van der Waals surface area contributed by atoms with E-state index in [-0.39, 0.29) is 17.5 Å². The Morgan fingerprint density at radius 3 is 2.54 bits per heavy atom. The molecule has 5 heteroatoms. The highest BCUT2D eigenvalue weighted by Gasteiger charge is 2.39. The summed E-state index contributed by atoms with van der Waals surface area (Å²) in [5.74, 6) is 0.588. The molecule has 3 aliphatic rings. The molecule has 1 amide bonds. The predicted molar refractivity (Wildman–Crippen MR) is 94.3 cm³/mol. The Morgan fingerprint density at radius 1 is 1.25 bits per heavy atom. The molecular weight excluding hydrogens is 300 g/mol. The van der Waals surface area contributed by atoms with E-state index in [2.05, 4.69) is 47.7 Å². The Morgan fingerprint density at radius 2 is 1.96 bits per heavy atom. The first kappa shape index (κ1) is 16.1. The van der Waals surface area contributed by atoms with Gasteiger partial charge in [-0.3, -0.25) is 14.4 Å². The number of hydrogen-bond donors (Lipinski definition) is 1. The number of carbonyl (C=O) groups is 1. The van der Waals surface area contributed by atoms with E-state index in [1.165, 1.54) is 31.4 Å². The topological polar surface area (TPSA) is 50.2 Å². The van der Waals surface area contributed by atoms with Crippen LogP contribution in [0.15, 0.2) is 6.07 Å². The van der Waals surface area contributed by atoms with Crippen LogP contribution in [0.5, 0.6) is 0 Å². The van der Waals surface area contributed by atoms with Gasteiger partial charge in [-0.1, -0.05) is 0 Å². The molecule has 1 N–H and O–H groups in total. The molecule has 3 fully saturated rings. The summed E-state index contributed by atoms with van der Waals surface area (Å²) in [6.45, 7) is 9.73. The molecule has 132 valence electrons. The van der Waals surface area contributed by atoms with Gasteiger partial charge in [0.25, 0.3) is 5.91 Å². The summed E-state index contributed by atoms with van der Waals surface area (Å²) in [5.41, 5.74) is 1.73. The van der Waals surface area contributed by atoms with Crippen molar-refractivity contribution in [2.75, 3.05) is 6.54 Å². The van der Waals surface area contributed by atoms with Crippen LogP contribution >= 0.6 is 0 Å². The molecule has 24 heavy (non-hydrogen) atoms. The molecule has 4 rings (SSSR count). The van der Waals surface area contributed by atoms with Crippen LogP contribution in [0.2, 0.25) is 0 Å². The molecule has 2 heterocycles. The Balaban J connectivity index is 1.46. The fraction of sp³-hybridized carbons (Fsp3) is 0.789. The van der Waals surface area contributed by atoms with Gasteiger partial charge in [0.2, 0.25) is 0 Å². The first-order valence-electron chi connectivity index (χ1n) is 9.50. The molecule has 1 aromatic rings. The van der Waals surface area contributed by atoms with Crippen LogP contribution in [0.25, 0.3) is 0 Å².